The minimum atomic E-state index is -0.330. The average molecular weight is 265 g/mol. The lowest BCUT2D eigenvalue weighted by Crippen LogP contribution is -2.11. The second kappa shape index (κ2) is 5.25. The van der Waals surface area contributed by atoms with Crippen LogP contribution in [0.15, 0.2) is 0 Å². The highest BCUT2D eigenvalue weighted by atomic mass is 16.6. The van der Waals surface area contributed by atoms with Crippen LogP contribution in [0.3, 0.4) is 0 Å². The number of aromatic nitrogens is 1. The Bertz CT molecular complexity index is 476. The molecule has 1 atom stereocenters. The zero-order chi connectivity index (χ0) is 13.2. The summed E-state index contributed by atoms with van der Waals surface area (Å²) in [5.41, 5.74) is 2.74. The summed E-state index contributed by atoms with van der Waals surface area (Å²) in [6.07, 6.45) is 4.42. The first kappa shape index (κ1) is 12.5. The Labute approximate surface area is 112 Å². The lowest BCUT2D eigenvalue weighted by atomic mass is 9.97. The van der Waals surface area contributed by atoms with E-state index in [2.05, 4.69) is 4.98 Å². The Morgan fingerprint density at radius 3 is 2.95 bits per heavy atom. The molecule has 1 aromatic rings. The maximum atomic E-state index is 12.0. The SMILES string of the molecule is CCOC(=O)c1[nH]c2c(c1OCC1CO1)CCCC2. The van der Waals surface area contributed by atoms with Crippen LogP contribution in [0.2, 0.25) is 0 Å². The molecule has 5 nitrogen and oxygen atoms in total. The fraction of sp³-hybridized carbons (Fsp3) is 0.643. The van der Waals surface area contributed by atoms with Crippen LogP contribution in [0.1, 0.15) is 41.5 Å². The second-order valence-corrected chi connectivity index (χ2v) is 4.98. The average Bonchev–Trinajstić information content (AvgIpc) is 3.17. The van der Waals surface area contributed by atoms with Crippen molar-refractivity contribution in [3.63, 3.8) is 0 Å². The van der Waals surface area contributed by atoms with Gasteiger partial charge in [-0.3, -0.25) is 0 Å². The van der Waals surface area contributed by atoms with E-state index in [4.69, 9.17) is 14.2 Å². The number of rotatable bonds is 5. The third-order valence-electron chi connectivity index (χ3n) is 3.54. The van der Waals surface area contributed by atoms with Gasteiger partial charge in [-0.25, -0.2) is 4.79 Å². The number of ether oxygens (including phenoxy) is 3. The van der Waals surface area contributed by atoms with Crippen molar-refractivity contribution < 1.29 is 19.0 Å². The summed E-state index contributed by atoms with van der Waals surface area (Å²) in [5, 5.41) is 0. The Kier molecular flexibility index (Phi) is 3.46. The summed E-state index contributed by atoms with van der Waals surface area (Å²) < 4.78 is 16.0. The summed E-state index contributed by atoms with van der Waals surface area (Å²) in [5.74, 6) is 0.354. The molecule has 0 amide bonds. The molecule has 104 valence electrons. The van der Waals surface area contributed by atoms with Crippen molar-refractivity contribution in [2.75, 3.05) is 19.8 Å². The van der Waals surface area contributed by atoms with Crippen molar-refractivity contribution in [3.05, 3.63) is 17.0 Å². The zero-order valence-electron chi connectivity index (χ0n) is 11.2. The normalized spacial score (nSPS) is 20.8. The van der Waals surface area contributed by atoms with Crippen molar-refractivity contribution in [2.24, 2.45) is 0 Å². The maximum Gasteiger partial charge on any atom is 0.358 e. The van der Waals surface area contributed by atoms with Gasteiger partial charge >= 0.3 is 5.97 Å². The van der Waals surface area contributed by atoms with Gasteiger partial charge in [0, 0.05) is 11.3 Å². The molecule has 1 aliphatic heterocycles. The van der Waals surface area contributed by atoms with Crippen LogP contribution in [0.25, 0.3) is 0 Å². The van der Waals surface area contributed by atoms with Gasteiger partial charge in [-0.15, -0.1) is 0 Å². The summed E-state index contributed by atoms with van der Waals surface area (Å²) in [4.78, 5) is 15.2. The second-order valence-electron chi connectivity index (χ2n) is 4.98. The van der Waals surface area contributed by atoms with Gasteiger partial charge in [0.05, 0.1) is 13.2 Å². The molecule has 0 bridgehead atoms. The lowest BCUT2D eigenvalue weighted by molar-refractivity contribution is 0.0514. The van der Waals surface area contributed by atoms with Gasteiger partial charge in [-0.05, 0) is 32.6 Å². The maximum absolute atomic E-state index is 12.0. The number of carbonyl (C=O) groups is 1. The molecule has 3 rings (SSSR count). The van der Waals surface area contributed by atoms with Crippen molar-refractivity contribution in [1.29, 1.82) is 0 Å². The Hall–Kier alpha value is -1.49. The number of epoxide rings is 1. The van der Waals surface area contributed by atoms with Gasteiger partial charge < -0.3 is 19.2 Å². The lowest BCUT2D eigenvalue weighted by Gasteiger charge is -2.13. The molecule has 1 saturated heterocycles. The molecule has 5 heteroatoms. The van der Waals surface area contributed by atoms with Crippen molar-refractivity contribution in [1.82, 2.24) is 4.98 Å². The highest BCUT2D eigenvalue weighted by molar-refractivity contribution is 5.91. The molecule has 0 saturated carbocycles. The minimum Gasteiger partial charge on any atom is -0.488 e. The highest BCUT2D eigenvalue weighted by Gasteiger charge is 2.29. The zero-order valence-corrected chi connectivity index (χ0v) is 11.2. The van der Waals surface area contributed by atoms with Gasteiger partial charge in [-0.1, -0.05) is 0 Å². The third-order valence-corrected chi connectivity index (χ3v) is 3.54. The monoisotopic (exact) mass is 265 g/mol. The predicted molar refractivity (Wildman–Crippen MR) is 68.6 cm³/mol. The first-order valence-corrected chi connectivity index (χ1v) is 6.94. The number of hydrogen-bond acceptors (Lipinski definition) is 4. The van der Waals surface area contributed by atoms with Gasteiger partial charge in [0.2, 0.25) is 0 Å². The topological polar surface area (TPSA) is 63.9 Å². The molecule has 1 N–H and O–H groups in total. The van der Waals surface area contributed by atoms with Gasteiger partial charge in [0.25, 0.3) is 0 Å². The molecule has 1 unspecified atom stereocenters. The Balaban J connectivity index is 1.86. The summed E-state index contributed by atoms with van der Waals surface area (Å²) in [6.45, 7) is 3.44. The third kappa shape index (κ3) is 2.61. The Morgan fingerprint density at radius 2 is 2.21 bits per heavy atom. The standard InChI is InChI=1S/C14H19NO4/c1-2-17-14(16)12-13(19-8-9-7-18-9)10-5-3-4-6-11(10)15-12/h9,15H,2-8H2,1H3. The van der Waals surface area contributed by atoms with Crippen LogP contribution in [0.5, 0.6) is 5.75 Å². The summed E-state index contributed by atoms with van der Waals surface area (Å²) >= 11 is 0. The van der Waals surface area contributed by atoms with Crippen LogP contribution >= 0.6 is 0 Å². The summed E-state index contributed by atoms with van der Waals surface area (Å²) in [7, 11) is 0. The number of aromatic amines is 1. The van der Waals surface area contributed by atoms with E-state index < -0.39 is 0 Å². The molecule has 0 radical (unpaired) electrons. The van der Waals surface area contributed by atoms with E-state index in [1.165, 1.54) is 0 Å². The van der Waals surface area contributed by atoms with Gasteiger partial charge in [0.15, 0.2) is 11.4 Å². The molecule has 19 heavy (non-hydrogen) atoms. The quantitative estimate of drug-likeness (QED) is 0.652. The van der Waals surface area contributed by atoms with Crippen LogP contribution in [0.4, 0.5) is 0 Å². The molecule has 0 spiro atoms. The van der Waals surface area contributed by atoms with Crippen molar-refractivity contribution in [3.8, 4) is 5.75 Å². The van der Waals surface area contributed by atoms with Crippen LogP contribution in [0, 0.1) is 0 Å². The molecule has 2 heterocycles. The largest absolute Gasteiger partial charge is 0.488 e. The smallest absolute Gasteiger partial charge is 0.358 e. The fourth-order valence-corrected chi connectivity index (χ4v) is 2.50. The highest BCUT2D eigenvalue weighted by Crippen LogP contribution is 2.34. The number of fused-ring (bicyclic) bond motifs is 1. The van der Waals surface area contributed by atoms with Crippen molar-refractivity contribution >= 4 is 5.97 Å². The van der Waals surface area contributed by atoms with Gasteiger partial charge in [0.1, 0.15) is 12.7 Å². The van der Waals surface area contributed by atoms with E-state index in [0.29, 0.717) is 24.7 Å². The van der Waals surface area contributed by atoms with E-state index in [-0.39, 0.29) is 12.1 Å². The first-order valence-electron chi connectivity index (χ1n) is 6.94. The first-order chi connectivity index (χ1) is 9.29. The minimum absolute atomic E-state index is 0.184. The molecule has 1 fully saturated rings. The number of hydrogen-bond donors (Lipinski definition) is 1. The fourth-order valence-electron chi connectivity index (χ4n) is 2.50. The molecular weight excluding hydrogens is 246 g/mol. The number of aryl methyl sites for hydroxylation is 1. The van der Waals surface area contributed by atoms with E-state index >= 15 is 0 Å². The molecule has 2 aliphatic rings. The number of nitrogens with one attached hydrogen (secondary N) is 1. The van der Waals surface area contributed by atoms with Crippen LogP contribution < -0.4 is 4.74 Å². The number of esters is 1. The van der Waals surface area contributed by atoms with E-state index in [9.17, 15) is 4.79 Å². The van der Waals surface area contributed by atoms with E-state index in [1.54, 1.807) is 6.92 Å². The Morgan fingerprint density at radius 1 is 1.42 bits per heavy atom. The van der Waals surface area contributed by atoms with Gasteiger partial charge in [-0.2, -0.15) is 0 Å². The molecule has 0 aromatic carbocycles. The molecule has 1 aromatic heterocycles. The summed E-state index contributed by atoms with van der Waals surface area (Å²) in [6, 6.07) is 0. The van der Waals surface area contributed by atoms with Crippen LogP contribution in [-0.2, 0) is 22.3 Å². The predicted octanol–water partition coefficient (Wildman–Crippen LogP) is 1.85. The van der Waals surface area contributed by atoms with Crippen LogP contribution in [-0.4, -0.2) is 36.9 Å². The molecule has 1 aliphatic carbocycles. The molecular formula is C14H19NO4. The number of carbonyl (C=O) groups excluding carboxylic acids is 1. The number of H-pyrrole nitrogens is 1. The van der Waals surface area contributed by atoms with E-state index in [1.807, 2.05) is 0 Å². The van der Waals surface area contributed by atoms with Crippen molar-refractivity contribution in [2.45, 2.75) is 38.7 Å². The van der Waals surface area contributed by atoms with E-state index in [0.717, 1.165) is 43.5 Å².